The van der Waals surface area contributed by atoms with Crippen molar-refractivity contribution in [2.75, 3.05) is 7.11 Å². The monoisotopic (exact) mass is 254 g/mol. The van der Waals surface area contributed by atoms with Crippen LogP contribution in [0.15, 0.2) is 48.5 Å². The molecule has 2 atom stereocenters. The number of carbonyl (C=O) groups excluding carboxylic acids is 1. The lowest BCUT2D eigenvalue weighted by Crippen LogP contribution is -2.10. The van der Waals surface area contributed by atoms with Gasteiger partial charge in [-0.25, -0.2) is 4.79 Å². The van der Waals surface area contributed by atoms with Gasteiger partial charge in [0.15, 0.2) is 6.10 Å². The molecule has 0 spiro atoms. The molecular weight excluding hydrogens is 240 g/mol. The summed E-state index contributed by atoms with van der Waals surface area (Å²) in [4.78, 5) is 11.2. The van der Waals surface area contributed by atoms with Crippen LogP contribution in [-0.2, 0) is 14.3 Å². The molecule has 3 rings (SSSR count). The normalized spacial score (nSPS) is 21.7. The van der Waals surface area contributed by atoms with Crippen LogP contribution < -0.4 is 0 Å². The second kappa shape index (κ2) is 4.86. The molecule has 1 aliphatic heterocycles. The van der Waals surface area contributed by atoms with Crippen molar-refractivity contribution in [1.29, 1.82) is 0 Å². The lowest BCUT2D eigenvalue weighted by molar-refractivity contribution is -0.142. The number of rotatable bonds is 3. The third kappa shape index (κ3) is 2.51. The van der Waals surface area contributed by atoms with E-state index in [-0.39, 0.29) is 12.1 Å². The first-order chi connectivity index (χ1) is 9.28. The maximum absolute atomic E-state index is 11.2. The highest BCUT2D eigenvalue weighted by molar-refractivity contribution is 5.85. The highest BCUT2D eigenvalue weighted by Gasteiger charge is 2.44. The molecule has 0 amide bonds. The van der Waals surface area contributed by atoms with Crippen LogP contribution in [0.5, 0.6) is 0 Å². The molecule has 2 aromatic rings. The highest BCUT2D eigenvalue weighted by atomic mass is 16.6. The first kappa shape index (κ1) is 11.9. The van der Waals surface area contributed by atoms with Crippen LogP contribution in [-0.4, -0.2) is 25.3 Å². The SMILES string of the molecule is COC(=O)C1OC1/C=C/c1ccc2ccccc2c1. The number of methoxy groups -OCH3 is 1. The molecule has 0 aliphatic carbocycles. The number of fused-ring (bicyclic) bond motifs is 1. The number of hydrogen-bond donors (Lipinski definition) is 0. The average molecular weight is 254 g/mol. The van der Waals surface area contributed by atoms with E-state index in [1.54, 1.807) is 0 Å². The van der Waals surface area contributed by atoms with Crippen molar-refractivity contribution in [3.8, 4) is 0 Å². The minimum absolute atomic E-state index is 0.154. The van der Waals surface area contributed by atoms with Gasteiger partial charge in [0.1, 0.15) is 6.10 Å². The lowest BCUT2D eigenvalue weighted by atomic mass is 10.1. The first-order valence-electron chi connectivity index (χ1n) is 6.18. The standard InChI is InChI=1S/C16H14O3/c1-18-16(17)15-14(19-15)9-7-11-6-8-12-4-2-3-5-13(12)10-11/h2-10,14-15H,1H3/b9-7+. The first-order valence-corrected chi connectivity index (χ1v) is 6.18. The molecule has 0 bridgehead atoms. The van der Waals surface area contributed by atoms with Crippen molar-refractivity contribution in [1.82, 2.24) is 0 Å². The van der Waals surface area contributed by atoms with E-state index in [9.17, 15) is 4.79 Å². The van der Waals surface area contributed by atoms with Crippen LogP contribution in [0.25, 0.3) is 16.8 Å². The van der Waals surface area contributed by atoms with Crippen molar-refractivity contribution in [2.24, 2.45) is 0 Å². The quantitative estimate of drug-likeness (QED) is 0.624. The average Bonchev–Trinajstić information content (AvgIpc) is 3.23. The van der Waals surface area contributed by atoms with E-state index < -0.39 is 6.10 Å². The van der Waals surface area contributed by atoms with Crippen molar-refractivity contribution in [3.63, 3.8) is 0 Å². The summed E-state index contributed by atoms with van der Waals surface area (Å²) in [6.07, 6.45) is 3.28. The smallest absolute Gasteiger partial charge is 0.338 e. The Bertz CT molecular complexity index is 645. The summed E-state index contributed by atoms with van der Waals surface area (Å²) in [5, 5.41) is 2.42. The van der Waals surface area contributed by atoms with Crippen molar-refractivity contribution >= 4 is 22.8 Å². The predicted octanol–water partition coefficient (Wildman–Crippen LogP) is 2.79. The Labute approximate surface area is 111 Å². The van der Waals surface area contributed by atoms with Crippen LogP contribution in [0.4, 0.5) is 0 Å². The van der Waals surface area contributed by atoms with Gasteiger partial charge in [-0.1, -0.05) is 48.6 Å². The molecule has 0 aromatic heterocycles. The maximum Gasteiger partial charge on any atom is 0.338 e. The number of epoxide rings is 1. The molecule has 19 heavy (non-hydrogen) atoms. The zero-order valence-electron chi connectivity index (χ0n) is 10.6. The molecular formula is C16H14O3. The van der Waals surface area contributed by atoms with E-state index in [1.807, 2.05) is 30.4 Å². The summed E-state index contributed by atoms with van der Waals surface area (Å²) in [5.74, 6) is -0.312. The number of hydrogen-bond acceptors (Lipinski definition) is 3. The fourth-order valence-corrected chi connectivity index (χ4v) is 2.09. The molecule has 1 fully saturated rings. The molecule has 0 radical (unpaired) electrons. The zero-order chi connectivity index (χ0) is 13.2. The van der Waals surface area contributed by atoms with Crippen LogP contribution in [0.1, 0.15) is 5.56 Å². The third-order valence-corrected chi connectivity index (χ3v) is 3.21. The van der Waals surface area contributed by atoms with Gasteiger partial charge in [-0.05, 0) is 22.4 Å². The maximum atomic E-state index is 11.2. The second-order valence-electron chi connectivity index (χ2n) is 4.51. The highest BCUT2D eigenvalue weighted by Crippen LogP contribution is 2.25. The van der Waals surface area contributed by atoms with E-state index in [4.69, 9.17) is 4.74 Å². The van der Waals surface area contributed by atoms with Gasteiger partial charge in [-0.2, -0.15) is 0 Å². The van der Waals surface area contributed by atoms with E-state index in [0.717, 1.165) is 5.56 Å². The fraction of sp³-hybridized carbons (Fsp3) is 0.188. The molecule has 2 aromatic carbocycles. The second-order valence-corrected chi connectivity index (χ2v) is 4.51. The number of benzene rings is 2. The Morgan fingerprint density at radius 2 is 2.00 bits per heavy atom. The molecule has 1 heterocycles. The largest absolute Gasteiger partial charge is 0.467 e. The molecule has 0 saturated carbocycles. The number of ether oxygens (including phenoxy) is 2. The Morgan fingerprint density at radius 3 is 2.79 bits per heavy atom. The van der Waals surface area contributed by atoms with Gasteiger partial charge in [-0.3, -0.25) is 0 Å². The van der Waals surface area contributed by atoms with Gasteiger partial charge >= 0.3 is 5.97 Å². The van der Waals surface area contributed by atoms with Crippen molar-refractivity contribution < 1.29 is 14.3 Å². The van der Waals surface area contributed by atoms with Gasteiger partial charge in [-0.15, -0.1) is 0 Å². The third-order valence-electron chi connectivity index (χ3n) is 3.21. The summed E-state index contributed by atoms with van der Waals surface area (Å²) in [6.45, 7) is 0. The Morgan fingerprint density at radius 1 is 1.21 bits per heavy atom. The van der Waals surface area contributed by atoms with Gasteiger partial charge in [0.05, 0.1) is 7.11 Å². The van der Waals surface area contributed by atoms with E-state index in [2.05, 4.69) is 29.0 Å². The van der Waals surface area contributed by atoms with Crippen LogP contribution in [0, 0.1) is 0 Å². The minimum atomic E-state index is -0.429. The molecule has 3 nitrogen and oxygen atoms in total. The van der Waals surface area contributed by atoms with Gasteiger partial charge in [0.2, 0.25) is 0 Å². The molecule has 0 N–H and O–H groups in total. The lowest BCUT2D eigenvalue weighted by Gasteiger charge is -1.98. The predicted molar refractivity (Wildman–Crippen MR) is 73.7 cm³/mol. The molecule has 1 saturated heterocycles. The topological polar surface area (TPSA) is 38.8 Å². The zero-order valence-corrected chi connectivity index (χ0v) is 10.6. The summed E-state index contributed by atoms with van der Waals surface area (Å²) in [6, 6.07) is 14.5. The summed E-state index contributed by atoms with van der Waals surface area (Å²) in [5.41, 5.74) is 1.10. The Kier molecular flexibility index (Phi) is 3.05. The minimum Gasteiger partial charge on any atom is -0.467 e. The Balaban J connectivity index is 1.74. The summed E-state index contributed by atoms with van der Waals surface area (Å²) < 4.78 is 9.83. The summed E-state index contributed by atoms with van der Waals surface area (Å²) >= 11 is 0. The van der Waals surface area contributed by atoms with E-state index >= 15 is 0 Å². The van der Waals surface area contributed by atoms with Gasteiger partial charge in [0, 0.05) is 0 Å². The van der Waals surface area contributed by atoms with E-state index in [1.165, 1.54) is 17.9 Å². The molecule has 96 valence electrons. The Hall–Kier alpha value is -2.13. The van der Waals surface area contributed by atoms with Crippen LogP contribution in [0.2, 0.25) is 0 Å². The molecule has 3 heteroatoms. The van der Waals surface area contributed by atoms with Crippen molar-refractivity contribution in [2.45, 2.75) is 12.2 Å². The summed E-state index contributed by atoms with van der Waals surface area (Å²) in [7, 11) is 1.37. The molecule has 2 unspecified atom stereocenters. The number of esters is 1. The van der Waals surface area contributed by atoms with Crippen molar-refractivity contribution in [3.05, 3.63) is 54.1 Å². The van der Waals surface area contributed by atoms with E-state index in [0.29, 0.717) is 0 Å². The van der Waals surface area contributed by atoms with Crippen LogP contribution >= 0.6 is 0 Å². The van der Waals surface area contributed by atoms with Gasteiger partial charge in [0.25, 0.3) is 0 Å². The molecule has 1 aliphatic rings. The number of carbonyl (C=O) groups is 1. The van der Waals surface area contributed by atoms with Crippen LogP contribution in [0.3, 0.4) is 0 Å². The fourth-order valence-electron chi connectivity index (χ4n) is 2.09. The van der Waals surface area contributed by atoms with Gasteiger partial charge < -0.3 is 9.47 Å².